The number of benzene rings is 2. The van der Waals surface area contributed by atoms with Gasteiger partial charge in [0.25, 0.3) is 0 Å². The molecule has 9 N–H and O–H groups in total. The van der Waals surface area contributed by atoms with E-state index in [0.717, 1.165) is 40.9 Å². The molecule has 2 fully saturated rings. The number of ether oxygens (including phenoxy) is 1. The molecule has 5 aliphatic rings. The molecule has 2 bridgehead atoms. The van der Waals surface area contributed by atoms with Gasteiger partial charge in [-0.15, -0.1) is 0 Å². The van der Waals surface area contributed by atoms with Crippen molar-refractivity contribution in [1.29, 1.82) is 0 Å². The highest BCUT2D eigenvalue weighted by Crippen LogP contribution is 2.69. The number of nitrogens with one attached hydrogen (secondary N) is 7. The zero-order valence-corrected chi connectivity index (χ0v) is 31.0. The summed E-state index contributed by atoms with van der Waals surface area (Å²) >= 11 is 0. The summed E-state index contributed by atoms with van der Waals surface area (Å²) in [5.74, 6) is -2.05. The molecule has 296 valence electrons. The molecule has 6 amide bonds. The number of carbonyl (C=O) groups excluding carboxylic acids is 6. The quantitative estimate of drug-likeness (QED) is 0.102. The van der Waals surface area contributed by atoms with E-state index in [9.17, 15) is 39.0 Å². The van der Waals surface area contributed by atoms with E-state index >= 15 is 0 Å². The molecular weight excluding hydrogens is 724 g/mol. The van der Waals surface area contributed by atoms with E-state index in [1.165, 1.54) is 19.9 Å². The van der Waals surface area contributed by atoms with Gasteiger partial charge in [-0.1, -0.05) is 18.2 Å². The minimum Gasteiger partial charge on any atom is -0.504 e. The minimum atomic E-state index is -1.15. The van der Waals surface area contributed by atoms with Crippen molar-refractivity contribution in [1.82, 2.24) is 36.5 Å². The van der Waals surface area contributed by atoms with Gasteiger partial charge in [-0.2, -0.15) is 0 Å². The molecule has 1 saturated heterocycles. The molecule has 0 radical (unpaired) electrons. The minimum absolute atomic E-state index is 0.0588. The third-order valence-electron chi connectivity index (χ3n) is 12.1. The summed E-state index contributed by atoms with van der Waals surface area (Å²) in [6.45, 7) is 0.405. The second-order valence-electron chi connectivity index (χ2n) is 15.5. The van der Waals surface area contributed by atoms with Crippen LogP contribution in [0.2, 0.25) is 0 Å². The molecule has 1 spiro atoms. The topological polar surface area (TPSA) is 243 Å². The van der Waals surface area contributed by atoms with E-state index in [1.807, 2.05) is 18.2 Å². The number of H-pyrrole nitrogens is 1. The number of carbonyl (C=O) groups is 6. The number of hydrogen-bond acceptors (Lipinski definition) is 10. The monoisotopic (exact) mass is 770 g/mol. The zero-order chi connectivity index (χ0) is 39.4. The van der Waals surface area contributed by atoms with Crippen LogP contribution in [0.25, 0.3) is 10.9 Å². The molecule has 0 unspecified atom stereocenters. The van der Waals surface area contributed by atoms with Crippen molar-refractivity contribution in [3.63, 3.8) is 0 Å². The van der Waals surface area contributed by atoms with Crippen LogP contribution in [0.5, 0.6) is 11.5 Å². The van der Waals surface area contributed by atoms with E-state index in [2.05, 4.69) is 41.8 Å². The predicted molar refractivity (Wildman–Crippen MR) is 200 cm³/mol. The molecule has 8 rings (SSSR count). The number of rotatable bonds is 14. The van der Waals surface area contributed by atoms with Gasteiger partial charge in [-0.05, 0) is 61.4 Å². The van der Waals surface area contributed by atoms with E-state index < -0.39 is 59.1 Å². The maximum Gasteiger partial charge on any atom is 0.243 e. The Kier molecular flexibility index (Phi) is 9.60. The summed E-state index contributed by atoms with van der Waals surface area (Å²) in [5, 5.41) is 39.7. The van der Waals surface area contributed by atoms with Gasteiger partial charge in [0.1, 0.15) is 0 Å². The first-order valence-corrected chi connectivity index (χ1v) is 19.1. The van der Waals surface area contributed by atoms with Crippen LogP contribution < -0.4 is 36.6 Å². The summed E-state index contributed by atoms with van der Waals surface area (Å²) in [5.41, 5.74) is 2.98. The molecule has 3 aromatic rings. The van der Waals surface area contributed by atoms with Crippen molar-refractivity contribution in [3.05, 3.63) is 52.7 Å². The Hall–Kier alpha value is -5.68. The molecule has 17 nitrogen and oxygen atoms in total. The van der Waals surface area contributed by atoms with Crippen molar-refractivity contribution in [2.75, 3.05) is 51.6 Å². The highest BCUT2D eigenvalue weighted by molar-refractivity contribution is 6.04. The van der Waals surface area contributed by atoms with Crippen molar-refractivity contribution < 1.29 is 43.7 Å². The third-order valence-corrected chi connectivity index (χ3v) is 12.1. The summed E-state index contributed by atoms with van der Waals surface area (Å²) in [4.78, 5) is 78.7. The molecule has 1 aromatic heterocycles. The van der Waals surface area contributed by atoms with E-state index in [4.69, 9.17) is 4.74 Å². The molecule has 3 heterocycles. The zero-order valence-electron chi connectivity index (χ0n) is 31.0. The van der Waals surface area contributed by atoms with Gasteiger partial charge in [0.05, 0.1) is 54.1 Å². The van der Waals surface area contributed by atoms with E-state index in [1.54, 1.807) is 12.1 Å². The van der Waals surface area contributed by atoms with Crippen molar-refractivity contribution in [2.24, 2.45) is 5.92 Å². The summed E-state index contributed by atoms with van der Waals surface area (Å²) in [6, 6.07) is 9.07. The number of likely N-dealkylation sites (N-methyl/N-ethyl adjacent to an activating group) is 1. The number of anilines is 1. The molecule has 17 heteroatoms. The number of aromatic hydroxyl groups is 1. The van der Waals surface area contributed by atoms with Crippen LogP contribution in [-0.2, 0) is 47.0 Å². The normalized spacial score (nSPS) is 23.9. The number of fused-ring (bicyclic) bond motifs is 4. The number of phenolic OH excluding ortho intramolecular Hbond substituents is 1. The maximum absolute atomic E-state index is 13.1. The Labute approximate surface area is 321 Å². The number of nitrogens with zero attached hydrogens (tertiary/aromatic N) is 1. The summed E-state index contributed by atoms with van der Waals surface area (Å²) in [6.07, 6.45) is 3.12. The lowest BCUT2D eigenvalue weighted by Crippen LogP contribution is -2.74. The second-order valence-corrected chi connectivity index (χ2v) is 15.5. The Morgan fingerprint density at radius 2 is 1.54 bits per heavy atom. The third kappa shape index (κ3) is 6.47. The largest absolute Gasteiger partial charge is 0.504 e. The van der Waals surface area contributed by atoms with Gasteiger partial charge in [0.15, 0.2) is 17.6 Å². The number of aromatic amines is 1. The molecule has 2 aliphatic heterocycles. The van der Waals surface area contributed by atoms with Crippen molar-refractivity contribution >= 4 is 52.0 Å². The van der Waals surface area contributed by atoms with Crippen LogP contribution in [0.4, 0.5) is 5.69 Å². The summed E-state index contributed by atoms with van der Waals surface area (Å²) in [7, 11) is 1.42. The van der Waals surface area contributed by atoms with Gasteiger partial charge in [0, 0.05) is 49.8 Å². The van der Waals surface area contributed by atoms with Crippen LogP contribution in [-0.4, -0.2) is 113 Å². The first-order valence-electron chi connectivity index (χ1n) is 19.1. The number of para-hydroxylation sites is 1. The number of likely N-dealkylation sites (tertiary alicyclic amines) is 1. The van der Waals surface area contributed by atoms with E-state index in [0.29, 0.717) is 42.1 Å². The first kappa shape index (κ1) is 37.3. The van der Waals surface area contributed by atoms with Crippen LogP contribution in [0.3, 0.4) is 0 Å². The lowest BCUT2D eigenvalue weighted by atomic mass is 9.49. The molecular formula is C39H46N8O9. The fourth-order valence-corrected chi connectivity index (χ4v) is 9.28. The van der Waals surface area contributed by atoms with Crippen molar-refractivity contribution in [3.8, 4) is 11.5 Å². The smallest absolute Gasteiger partial charge is 0.243 e. The predicted octanol–water partition coefficient (Wildman–Crippen LogP) is -0.498. The van der Waals surface area contributed by atoms with Crippen LogP contribution in [0.1, 0.15) is 60.6 Å². The van der Waals surface area contributed by atoms with Crippen LogP contribution in [0, 0.1) is 5.92 Å². The Morgan fingerprint density at radius 3 is 2.21 bits per heavy atom. The van der Waals surface area contributed by atoms with Gasteiger partial charge in [-0.25, -0.2) is 0 Å². The fourth-order valence-electron chi connectivity index (χ4n) is 9.28. The Balaban J connectivity index is 0.891. The van der Waals surface area contributed by atoms with Crippen LogP contribution in [0.15, 0.2) is 30.3 Å². The van der Waals surface area contributed by atoms with Crippen molar-refractivity contribution in [2.45, 2.75) is 68.1 Å². The Morgan fingerprint density at radius 1 is 0.875 bits per heavy atom. The van der Waals surface area contributed by atoms with Gasteiger partial charge in [-0.3, -0.25) is 33.7 Å². The fraction of sp³-hybridized carbons (Fsp3) is 0.487. The summed E-state index contributed by atoms with van der Waals surface area (Å²) < 4.78 is 6.68. The lowest BCUT2D eigenvalue weighted by Gasteiger charge is -2.62. The maximum atomic E-state index is 13.1. The van der Waals surface area contributed by atoms with Crippen LogP contribution >= 0.6 is 0 Å². The second kappa shape index (κ2) is 14.4. The number of hydrogen-bond donors (Lipinski definition) is 9. The standard InChI is InChI=1S/C39H46N8O9/c1-40-29(51)15-43-30(52)16-41-27(49)9-10-28(50)42-17-31(53)44-18-32(54)45-24-4-2-3-22-23-14-39(55)26-13-21-7-8-25(48)36-33(21)38(39,11-12-47(26)19-20-5-6-20)37(56-36)35(23)46-34(22)24/h2-4,7-8,20,26,37,46,48,55H,5-6,9-19H2,1H3,(H,40,51)(H,41,49)(H,42,50)(H,43,52)(H,44,53)(H,45,54)/t26-,37+,38+,39-/m1/s1. The average Bonchev–Trinajstić information content (AvgIpc) is 3.82. The Bertz CT molecular complexity index is 2150. The molecule has 1 saturated carbocycles. The highest BCUT2D eigenvalue weighted by Gasteiger charge is 2.73. The first-order chi connectivity index (χ1) is 26.9. The van der Waals surface area contributed by atoms with Gasteiger partial charge < -0.3 is 51.8 Å². The lowest BCUT2D eigenvalue weighted by molar-refractivity contribution is -0.173. The van der Waals surface area contributed by atoms with Gasteiger partial charge in [0.2, 0.25) is 35.4 Å². The van der Waals surface area contributed by atoms with Gasteiger partial charge >= 0.3 is 0 Å². The number of amides is 6. The average molecular weight is 771 g/mol. The number of aliphatic hydroxyl groups is 1. The SMILES string of the molecule is CNC(=O)CNC(=O)CNC(=O)CCC(=O)NCC(=O)NCC(=O)Nc1cccc2c3c([nH]c12)[C@@H]1Oc2c(O)ccc4c2[C@@]12CCN(CC1CC1)[C@H](C4)[C@]2(O)C3. The van der Waals surface area contributed by atoms with E-state index in [-0.39, 0.29) is 44.3 Å². The number of aromatic nitrogens is 1. The molecule has 3 aliphatic carbocycles. The molecule has 4 atom stereocenters. The number of phenols is 1. The molecule has 2 aromatic carbocycles. The highest BCUT2D eigenvalue weighted by atomic mass is 16.5. The number of piperidine rings is 1. The molecule has 56 heavy (non-hydrogen) atoms.